The third-order valence-corrected chi connectivity index (χ3v) is 6.46. The largest absolute Gasteiger partial charge is 0.493 e. The normalized spacial score (nSPS) is 26.4. The van der Waals surface area contributed by atoms with Crippen LogP contribution in [-0.2, 0) is 17.6 Å². The molecule has 7 nitrogen and oxygen atoms in total. The fourth-order valence-electron chi connectivity index (χ4n) is 5.14. The molecule has 0 saturated heterocycles. The molecular weight excluding hydrogens is 374 g/mol. The van der Waals surface area contributed by atoms with Crippen LogP contribution >= 0.6 is 0 Å². The molecule has 2 atom stereocenters. The summed E-state index contributed by atoms with van der Waals surface area (Å²) in [5.41, 5.74) is -0.276. The molecule has 0 radical (unpaired) electrons. The Morgan fingerprint density at radius 1 is 1.17 bits per heavy atom. The van der Waals surface area contributed by atoms with E-state index in [4.69, 9.17) is 18.9 Å². The number of methoxy groups -OCH3 is 2. The number of aliphatic hydroxyl groups is 1. The lowest BCUT2D eigenvalue weighted by Gasteiger charge is -2.45. The van der Waals surface area contributed by atoms with E-state index in [1.165, 1.54) is 14.2 Å². The third kappa shape index (κ3) is 2.06. The van der Waals surface area contributed by atoms with Gasteiger partial charge in [-0.25, -0.2) is 0 Å². The number of hydrogen-bond donors (Lipinski definition) is 2. The molecule has 2 heterocycles. The Kier molecular flexibility index (Phi) is 3.85. The van der Waals surface area contributed by atoms with Crippen LogP contribution in [0.15, 0.2) is 24.3 Å². The van der Waals surface area contributed by atoms with Crippen LogP contribution in [0.4, 0.5) is 0 Å². The summed E-state index contributed by atoms with van der Waals surface area (Å²) >= 11 is 0. The summed E-state index contributed by atoms with van der Waals surface area (Å²) < 4.78 is 22.1. The van der Waals surface area contributed by atoms with Gasteiger partial charge in [-0.15, -0.1) is 0 Å². The van der Waals surface area contributed by atoms with E-state index in [1.54, 1.807) is 12.1 Å². The highest BCUT2D eigenvalue weighted by Crippen LogP contribution is 2.58. The maximum atomic E-state index is 13.9. The Hall–Kier alpha value is -2.77. The first-order valence-corrected chi connectivity index (χ1v) is 9.72. The number of nitrogens with one attached hydrogen (secondary N) is 1. The molecular formula is C22H23NO6. The van der Waals surface area contributed by atoms with Crippen molar-refractivity contribution < 1.29 is 28.8 Å². The van der Waals surface area contributed by atoms with E-state index >= 15 is 0 Å². The van der Waals surface area contributed by atoms with Crippen molar-refractivity contribution in [2.45, 2.75) is 30.9 Å². The summed E-state index contributed by atoms with van der Waals surface area (Å²) in [5, 5.41) is 15.5. The predicted molar refractivity (Wildman–Crippen MR) is 104 cm³/mol. The predicted octanol–water partition coefficient (Wildman–Crippen LogP) is 2.27. The van der Waals surface area contributed by atoms with E-state index in [2.05, 4.69) is 5.32 Å². The molecule has 3 aliphatic rings. The molecule has 29 heavy (non-hydrogen) atoms. The van der Waals surface area contributed by atoms with Crippen LogP contribution in [0.3, 0.4) is 0 Å². The Morgan fingerprint density at radius 2 is 1.93 bits per heavy atom. The van der Waals surface area contributed by atoms with Gasteiger partial charge in [0.05, 0.1) is 14.2 Å². The summed E-state index contributed by atoms with van der Waals surface area (Å²) in [4.78, 5) is 13.9. The van der Waals surface area contributed by atoms with Crippen LogP contribution in [-0.4, -0.2) is 38.4 Å². The number of Topliss-reactive ketones (excluding diaryl/α,β-unsaturated/α-hetero) is 1. The fraction of sp³-hybridized carbons (Fsp3) is 0.409. The minimum atomic E-state index is -1.53. The molecule has 0 aromatic heterocycles. The lowest BCUT2D eigenvalue weighted by molar-refractivity contribution is -0.0457. The number of carbonyl (C=O) groups excluding carboxylic acids is 1. The smallest absolute Gasteiger partial charge is 0.231 e. The first-order valence-electron chi connectivity index (χ1n) is 9.72. The number of ketones is 1. The Labute approximate surface area is 168 Å². The lowest BCUT2D eigenvalue weighted by Crippen LogP contribution is -2.61. The van der Waals surface area contributed by atoms with Crippen LogP contribution in [0.2, 0.25) is 0 Å². The second-order valence-corrected chi connectivity index (χ2v) is 7.56. The number of ether oxygens (including phenoxy) is 4. The molecule has 2 aliphatic heterocycles. The number of rotatable bonds is 3. The van der Waals surface area contributed by atoms with Crippen molar-refractivity contribution in [1.29, 1.82) is 0 Å². The molecule has 2 aromatic carbocycles. The van der Waals surface area contributed by atoms with Gasteiger partial charge in [0, 0.05) is 17.7 Å². The minimum Gasteiger partial charge on any atom is -0.493 e. The molecule has 152 valence electrons. The van der Waals surface area contributed by atoms with Crippen LogP contribution in [0, 0.1) is 0 Å². The Bertz CT molecular complexity index is 1030. The monoisotopic (exact) mass is 397 g/mol. The van der Waals surface area contributed by atoms with Gasteiger partial charge in [0.15, 0.2) is 28.8 Å². The van der Waals surface area contributed by atoms with Gasteiger partial charge in [-0.1, -0.05) is 6.92 Å². The SMILES string of the molecule is CC[C@@]1(O)c2c(ccc(OC)c2OC)C(=O)[C@]12NCCc1cc3c(cc12)OCO3. The van der Waals surface area contributed by atoms with Crippen molar-refractivity contribution in [3.8, 4) is 23.0 Å². The van der Waals surface area contributed by atoms with Gasteiger partial charge < -0.3 is 24.1 Å². The highest BCUT2D eigenvalue weighted by molar-refractivity contribution is 6.11. The molecule has 0 fully saturated rings. The van der Waals surface area contributed by atoms with Crippen molar-refractivity contribution in [2.75, 3.05) is 27.6 Å². The van der Waals surface area contributed by atoms with Gasteiger partial charge in [-0.2, -0.15) is 0 Å². The number of fused-ring (bicyclic) bond motifs is 4. The molecule has 0 bridgehead atoms. The topological polar surface area (TPSA) is 86.2 Å². The summed E-state index contributed by atoms with van der Waals surface area (Å²) in [6, 6.07) is 7.16. The fourth-order valence-corrected chi connectivity index (χ4v) is 5.14. The molecule has 0 saturated carbocycles. The van der Waals surface area contributed by atoms with Gasteiger partial charge >= 0.3 is 0 Å². The average Bonchev–Trinajstić information content (AvgIpc) is 3.28. The van der Waals surface area contributed by atoms with E-state index in [1.807, 2.05) is 19.1 Å². The molecule has 2 N–H and O–H groups in total. The van der Waals surface area contributed by atoms with E-state index in [0.29, 0.717) is 47.1 Å². The van der Waals surface area contributed by atoms with Crippen LogP contribution in [0.1, 0.15) is 40.4 Å². The van der Waals surface area contributed by atoms with Crippen LogP contribution in [0.25, 0.3) is 0 Å². The Balaban J connectivity index is 1.83. The van der Waals surface area contributed by atoms with Crippen molar-refractivity contribution in [2.24, 2.45) is 0 Å². The zero-order valence-electron chi connectivity index (χ0n) is 16.6. The zero-order chi connectivity index (χ0) is 20.4. The molecule has 7 heteroatoms. The lowest BCUT2D eigenvalue weighted by atomic mass is 9.69. The van der Waals surface area contributed by atoms with Crippen molar-refractivity contribution >= 4 is 5.78 Å². The quantitative estimate of drug-likeness (QED) is 0.822. The van der Waals surface area contributed by atoms with E-state index < -0.39 is 11.1 Å². The molecule has 1 spiro atoms. The Morgan fingerprint density at radius 3 is 2.62 bits per heavy atom. The van der Waals surface area contributed by atoms with Gasteiger partial charge in [0.1, 0.15) is 11.1 Å². The highest BCUT2D eigenvalue weighted by atomic mass is 16.7. The second-order valence-electron chi connectivity index (χ2n) is 7.56. The van der Waals surface area contributed by atoms with Gasteiger partial charge in [0.25, 0.3) is 0 Å². The van der Waals surface area contributed by atoms with Gasteiger partial charge in [-0.3, -0.25) is 10.1 Å². The van der Waals surface area contributed by atoms with Gasteiger partial charge in [-0.05, 0) is 48.2 Å². The average molecular weight is 397 g/mol. The molecule has 0 amide bonds. The minimum absolute atomic E-state index is 0.149. The summed E-state index contributed by atoms with van der Waals surface area (Å²) in [6.45, 7) is 2.57. The highest BCUT2D eigenvalue weighted by Gasteiger charge is 2.65. The van der Waals surface area contributed by atoms with Crippen molar-refractivity contribution in [3.05, 3.63) is 46.5 Å². The summed E-state index contributed by atoms with van der Waals surface area (Å²) in [5.74, 6) is 1.93. The number of hydrogen-bond acceptors (Lipinski definition) is 7. The summed E-state index contributed by atoms with van der Waals surface area (Å²) in [6.07, 6.45) is 1.02. The second kappa shape index (κ2) is 6.11. The zero-order valence-corrected chi connectivity index (χ0v) is 16.6. The molecule has 1 aliphatic carbocycles. The maximum Gasteiger partial charge on any atom is 0.231 e. The molecule has 5 rings (SSSR count). The van der Waals surface area contributed by atoms with Crippen LogP contribution in [0.5, 0.6) is 23.0 Å². The van der Waals surface area contributed by atoms with E-state index in [0.717, 1.165) is 17.5 Å². The molecule has 2 aromatic rings. The molecule has 0 unspecified atom stereocenters. The van der Waals surface area contributed by atoms with Crippen molar-refractivity contribution in [1.82, 2.24) is 5.32 Å². The summed E-state index contributed by atoms with van der Waals surface area (Å²) in [7, 11) is 3.06. The standard InChI is InChI=1S/C22H23NO6/c1-4-21(25)18-13(5-6-15(26-2)19(18)27-3)20(24)22(21)14-10-17-16(28-11-29-17)9-12(14)7-8-23-22/h5-6,9-10,23,25H,4,7-8,11H2,1-3H3/t21-,22+/m1/s1. The third-order valence-electron chi connectivity index (χ3n) is 6.46. The first kappa shape index (κ1) is 18.3. The van der Waals surface area contributed by atoms with Crippen molar-refractivity contribution in [3.63, 3.8) is 0 Å². The maximum absolute atomic E-state index is 13.9. The first-order chi connectivity index (χ1) is 14.0. The van der Waals surface area contributed by atoms with E-state index in [9.17, 15) is 9.90 Å². The van der Waals surface area contributed by atoms with Crippen LogP contribution < -0.4 is 24.3 Å². The number of carbonyl (C=O) groups is 1. The van der Waals surface area contributed by atoms with Gasteiger partial charge in [0.2, 0.25) is 6.79 Å². The number of benzene rings is 2. The van der Waals surface area contributed by atoms with E-state index in [-0.39, 0.29) is 12.6 Å².